The van der Waals surface area contributed by atoms with E-state index in [9.17, 15) is 9.59 Å². The SMILES string of the molecule is CCONC(=O)N([C]=O)OC. The zero-order valence-electron chi connectivity index (χ0n) is 6.29. The minimum Gasteiger partial charge on any atom is -0.272 e. The van der Waals surface area contributed by atoms with Crippen LogP contribution in [-0.4, -0.2) is 31.2 Å². The highest BCUT2D eigenvalue weighted by Crippen LogP contribution is 1.83. The fourth-order valence-electron chi connectivity index (χ4n) is 0.337. The molecule has 0 fully saturated rings. The van der Waals surface area contributed by atoms with Crippen molar-refractivity contribution in [3.63, 3.8) is 0 Å². The molecule has 0 saturated heterocycles. The standard InChI is InChI=1S/C5H9N2O4/c1-3-11-6-5(9)7(4-8)10-2/h3H2,1-2H3,(H,6,9). The minimum atomic E-state index is -0.815. The van der Waals surface area contributed by atoms with Crippen LogP contribution in [0.5, 0.6) is 0 Å². The third kappa shape index (κ3) is 3.54. The normalized spacial score (nSPS) is 8.91. The maximum atomic E-state index is 10.7. The molecule has 11 heavy (non-hydrogen) atoms. The number of nitrogens with one attached hydrogen (secondary N) is 1. The first-order chi connectivity index (χ1) is 5.26. The van der Waals surface area contributed by atoms with Gasteiger partial charge in [-0.05, 0) is 6.92 Å². The van der Waals surface area contributed by atoms with Crippen LogP contribution in [0.4, 0.5) is 4.79 Å². The molecule has 0 spiro atoms. The molecule has 1 N–H and O–H groups in total. The predicted molar refractivity (Wildman–Crippen MR) is 34.7 cm³/mol. The highest BCUT2D eigenvalue weighted by atomic mass is 16.7. The van der Waals surface area contributed by atoms with Gasteiger partial charge in [0.2, 0.25) is 0 Å². The number of hydroxylamine groups is 3. The Morgan fingerprint density at radius 2 is 2.36 bits per heavy atom. The molecule has 0 unspecified atom stereocenters. The van der Waals surface area contributed by atoms with Gasteiger partial charge in [0.25, 0.3) is 0 Å². The average molecular weight is 161 g/mol. The van der Waals surface area contributed by atoms with Crippen LogP contribution >= 0.6 is 0 Å². The minimum absolute atomic E-state index is 0.308. The number of hydrogen-bond donors (Lipinski definition) is 1. The molecule has 0 aliphatic heterocycles. The molecule has 0 atom stereocenters. The summed E-state index contributed by atoms with van der Waals surface area (Å²) in [6.45, 7) is 1.99. The monoisotopic (exact) mass is 161 g/mol. The molecule has 6 nitrogen and oxygen atoms in total. The molecule has 0 aliphatic rings. The lowest BCUT2D eigenvalue weighted by Gasteiger charge is -2.10. The molecule has 0 saturated carbocycles. The maximum Gasteiger partial charge on any atom is 0.373 e. The predicted octanol–water partition coefficient (Wildman–Crippen LogP) is -0.422. The van der Waals surface area contributed by atoms with E-state index in [2.05, 4.69) is 9.68 Å². The Hall–Kier alpha value is -1.14. The van der Waals surface area contributed by atoms with E-state index in [1.165, 1.54) is 6.41 Å². The summed E-state index contributed by atoms with van der Waals surface area (Å²) in [6, 6.07) is -0.815. The Kier molecular flexibility index (Phi) is 5.05. The molecular formula is C5H9N2O4. The van der Waals surface area contributed by atoms with E-state index in [0.29, 0.717) is 11.7 Å². The highest BCUT2D eigenvalue weighted by molar-refractivity contribution is 5.82. The number of rotatable bonds is 4. The first-order valence-electron chi connectivity index (χ1n) is 2.90. The van der Waals surface area contributed by atoms with Crippen molar-refractivity contribution < 1.29 is 19.3 Å². The summed E-state index contributed by atoms with van der Waals surface area (Å²) in [5.41, 5.74) is 1.93. The van der Waals surface area contributed by atoms with Crippen molar-refractivity contribution in [2.75, 3.05) is 13.7 Å². The Morgan fingerprint density at radius 3 is 2.73 bits per heavy atom. The number of hydrogen-bond acceptors (Lipinski definition) is 4. The average Bonchev–Trinajstić information content (AvgIpc) is 2.03. The molecule has 63 valence electrons. The number of nitrogens with zero attached hydrogens (tertiary/aromatic N) is 1. The quantitative estimate of drug-likeness (QED) is 0.449. The summed E-state index contributed by atoms with van der Waals surface area (Å²) in [5, 5.41) is 0.343. The third-order valence-electron chi connectivity index (χ3n) is 0.754. The van der Waals surface area contributed by atoms with E-state index < -0.39 is 6.03 Å². The van der Waals surface area contributed by atoms with Gasteiger partial charge >= 0.3 is 12.4 Å². The molecular weight excluding hydrogens is 152 g/mol. The molecule has 0 aliphatic carbocycles. The summed E-state index contributed by atoms with van der Waals surface area (Å²) >= 11 is 0. The van der Waals surface area contributed by atoms with Crippen molar-refractivity contribution in [2.45, 2.75) is 6.92 Å². The molecule has 0 heterocycles. The number of imide groups is 1. The number of carbonyl (C=O) groups is 1. The second-order valence-electron chi connectivity index (χ2n) is 1.41. The van der Waals surface area contributed by atoms with Gasteiger partial charge < -0.3 is 0 Å². The van der Waals surface area contributed by atoms with Crippen LogP contribution in [0.3, 0.4) is 0 Å². The van der Waals surface area contributed by atoms with E-state index in [4.69, 9.17) is 0 Å². The zero-order valence-corrected chi connectivity index (χ0v) is 6.29. The number of amides is 3. The lowest BCUT2D eigenvalue weighted by Crippen LogP contribution is -2.38. The Balaban J connectivity index is 3.69. The first-order valence-corrected chi connectivity index (χ1v) is 2.90. The van der Waals surface area contributed by atoms with E-state index >= 15 is 0 Å². The molecule has 0 aromatic rings. The molecule has 1 radical (unpaired) electrons. The molecule has 0 bridgehead atoms. The van der Waals surface area contributed by atoms with Gasteiger partial charge in [0, 0.05) is 0 Å². The van der Waals surface area contributed by atoms with Crippen molar-refractivity contribution >= 4 is 12.4 Å². The van der Waals surface area contributed by atoms with E-state index in [0.717, 1.165) is 7.11 Å². The fourth-order valence-corrected chi connectivity index (χ4v) is 0.337. The summed E-state index contributed by atoms with van der Waals surface area (Å²) in [7, 11) is 1.16. The van der Waals surface area contributed by atoms with Crippen LogP contribution in [0.25, 0.3) is 0 Å². The second-order valence-corrected chi connectivity index (χ2v) is 1.41. The van der Waals surface area contributed by atoms with Gasteiger partial charge in [-0.3, -0.25) is 14.5 Å². The van der Waals surface area contributed by atoms with Crippen LogP contribution < -0.4 is 5.48 Å². The lowest BCUT2D eigenvalue weighted by atomic mass is 10.9. The second kappa shape index (κ2) is 5.63. The third-order valence-corrected chi connectivity index (χ3v) is 0.754. The van der Waals surface area contributed by atoms with Crippen molar-refractivity contribution in [3.05, 3.63) is 0 Å². The molecule has 3 amide bonds. The fraction of sp³-hybridized carbons (Fsp3) is 0.600. The van der Waals surface area contributed by atoms with Gasteiger partial charge in [0.1, 0.15) is 0 Å². The van der Waals surface area contributed by atoms with E-state index in [1.54, 1.807) is 6.92 Å². The van der Waals surface area contributed by atoms with E-state index in [-0.39, 0.29) is 0 Å². The van der Waals surface area contributed by atoms with Gasteiger partial charge in [-0.25, -0.2) is 10.3 Å². The largest absolute Gasteiger partial charge is 0.373 e. The van der Waals surface area contributed by atoms with Crippen molar-refractivity contribution in [1.82, 2.24) is 10.5 Å². The van der Waals surface area contributed by atoms with Gasteiger partial charge in [0.15, 0.2) is 0 Å². The first kappa shape index (κ1) is 9.86. The smallest absolute Gasteiger partial charge is 0.272 e. The molecule has 0 rings (SSSR count). The lowest BCUT2D eigenvalue weighted by molar-refractivity contribution is -0.0474. The topological polar surface area (TPSA) is 67.9 Å². The zero-order chi connectivity index (χ0) is 8.69. The summed E-state index contributed by atoms with van der Waals surface area (Å²) in [4.78, 5) is 29.3. The van der Waals surface area contributed by atoms with Gasteiger partial charge in [-0.2, -0.15) is 0 Å². The molecule has 0 aromatic heterocycles. The van der Waals surface area contributed by atoms with E-state index in [1.807, 2.05) is 5.48 Å². The highest BCUT2D eigenvalue weighted by Gasteiger charge is 2.11. The van der Waals surface area contributed by atoms with Gasteiger partial charge in [0.05, 0.1) is 13.7 Å². The van der Waals surface area contributed by atoms with Crippen molar-refractivity contribution in [2.24, 2.45) is 0 Å². The van der Waals surface area contributed by atoms with Crippen molar-refractivity contribution in [3.8, 4) is 0 Å². The Bertz CT molecular complexity index is 138. The molecule has 6 heteroatoms. The summed E-state index contributed by atoms with van der Waals surface area (Å²) in [5.74, 6) is 0. The molecule has 0 aromatic carbocycles. The van der Waals surface area contributed by atoms with Crippen LogP contribution in [0.2, 0.25) is 0 Å². The number of urea groups is 1. The van der Waals surface area contributed by atoms with Gasteiger partial charge in [-0.1, -0.05) is 0 Å². The maximum absolute atomic E-state index is 10.7. The summed E-state index contributed by atoms with van der Waals surface area (Å²) in [6.07, 6.45) is 1.23. The summed E-state index contributed by atoms with van der Waals surface area (Å²) < 4.78 is 0. The van der Waals surface area contributed by atoms with Crippen LogP contribution in [0.1, 0.15) is 6.92 Å². The van der Waals surface area contributed by atoms with Gasteiger partial charge in [-0.15, -0.1) is 5.06 Å². The van der Waals surface area contributed by atoms with Crippen molar-refractivity contribution in [1.29, 1.82) is 0 Å². The number of carbonyl (C=O) groups excluding carboxylic acids is 2. The van der Waals surface area contributed by atoms with Crippen LogP contribution in [0.15, 0.2) is 0 Å². The Morgan fingerprint density at radius 1 is 1.73 bits per heavy atom. The van der Waals surface area contributed by atoms with Crippen LogP contribution in [-0.2, 0) is 14.5 Å². The van der Waals surface area contributed by atoms with Crippen LogP contribution in [0, 0.1) is 0 Å². The Labute approximate surface area is 64.0 Å².